The van der Waals surface area contributed by atoms with Crippen molar-refractivity contribution in [1.82, 2.24) is 14.8 Å². The first-order valence-electron chi connectivity index (χ1n) is 5.96. The molecule has 4 nitrogen and oxygen atoms in total. The second-order valence-corrected chi connectivity index (χ2v) is 6.58. The van der Waals surface area contributed by atoms with Crippen molar-refractivity contribution in [1.29, 1.82) is 0 Å². The van der Waals surface area contributed by atoms with Gasteiger partial charge in [-0.05, 0) is 12.5 Å². The molecule has 1 aromatic heterocycles. The van der Waals surface area contributed by atoms with E-state index in [0.29, 0.717) is 10.9 Å². The largest absolute Gasteiger partial charge is 0.295 e. The van der Waals surface area contributed by atoms with Crippen molar-refractivity contribution in [3.63, 3.8) is 0 Å². The van der Waals surface area contributed by atoms with Crippen LogP contribution >= 0.6 is 27.7 Å². The first-order valence-corrected chi connectivity index (χ1v) is 7.86. The first-order chi connectivity index (χ1) is 9.16. The van der Waals surface area contributed by atoms with Gasteiger partial charge in [-0.2, -0.15) is 10.1 Å². The van der Waals surface area contributed by atoms with Crippen molar-refractivity contribution < 1.29 is 0 Å². The fraction of sp³-hybridized carbons (Fsp3) is 0.308. The van der Waals surface area contributed by atoms with E-state index in [1.54, 1.807) is 18.7 Å². The van der Waals surface area contributed by atoms with Gasteiger partial charge in [0.15, 0.2) is 5.16 Å². The summed E-state index contributed by atoms with van der Waals surface area (Å²) in [4.78, 5) is 16.0. The van der Waals surface area contributed by atoms with E-state index in [0.717, 1.165) is 5.75 Å². The molecule has 2 heterocycles. The Morgan fingerprint density at radius 1 is 1.37 bits per heavy atom. The summed E-state index contributed by atoms with van der Waals surface area (Å²) in [6.45, 7) is 1.70. The molecule has 6 heteroatoms. The van der Waals surface area contributed by atoms with Crippen LogP contribution in [-0.2, 0) is 0 Å². The SMILES string of the molecule is Cc1nn2c(nc1=O)SC[C@H](Br)[C@@H]2c1ccccc1. The molecule has 0 amide bonds. The van der Waals surface area contributed by atoms with Crippen molar-refractivity contribution in [2.45, 2.75) is 22.9 Å². The van der Waals surface area contributed by atoms with Crippen LogP contribution in [0.1, 0.15) is 17.3 Å². The molecule has 0 spiro atoms. The average Bonchev–Trinajstić information content (AvgIpc) is 2.42. The lowest BCUT2D eigenvalue weighted by Crippen LogP contribution is -2.33. The molecule has 0 saturated heterocycles. The molecule has 98 valence electrons. The number of halogens is 1. The maximum atomic E-state index is 11.6. The normalized spacial score (nSPS) is 22.0. The number of fused-ring (bicyclic) bond motifs is 1. The van der Waals surface area contributed by atoms with Gasteiger partial charge in [0.1, 0.15) is 5.69 Å². The van der Waals surface area contributed by atoms with Crippen LogP contribution in [0.2, 0.25) is 0 Å². The molecule has 19 heavy (non-hydrogen) atoms. The van der Waals surface area contributed by atoms with Gasteiger partial charge in [-0.15, -0.1) is 0 Å². The van der Waals surface area contributed by atoms with Gasteiger partial charge in [0.2, 0.25) is 0 Å². The van der Waals surface area contributed by atoms with Crippen LogP contribution in [0.4, 0.5) is 0 Å². The molecule has 2 aromatic rings. The standard InChI is InChI=1S/C13H12BrN3OS/c1-8-12(18)15-13-17(16-8)11(10(14)7-19-13)9-5-3-2-4-6-9/h2-6,10-11H,7H2,1H3/t10-,11-/m0/s1. The van der Waals surface area contributed by atoms with Gasteiger partial charge in [0.25, 0.3) is 5.56 Å². The Balaban J connectivity index is 2.17. The van der Waals surface area contributed by atoms with Gasteiger partial charge < -0.3 is 0 Å². The molecule has 0 bridgehead atoms. The molecular weight excluding hydrogens is 326 g/mol. The topological polar surface area (TPSA) is 47.8 Å². The highest BCUT2D eigenvalue weighted by Gasteiger charge is 2.31. The van der Waals surface area contributed by atoms with Crippen LogP contribution in [0.25, 0.3) is 0 Å². The van der Waals surface area contributed by atoms with Crippen molar-refractivity contribution in [2.75, 3.05) is 5.75 Å². The predicted molar refractivity (Wildman–Crippen MR) is 79.0 cm³/mol. The van der Waals surface area contributed by atoms with E-state index < -0.39 is 0 Å². The Hall–Kier alpha value is -1.14. The molecule has 1 aliphatic rings. The number of aryl methyl sites for hydroxylation is 1. The number of benzene rings is 1. The van der Waals surface area contributed by atoms with E-state index in [2.05, 4.69) is 38.1 Å². The minimum absolute atomic E-state index is 0.0734. The third-order valence-corrected chi connectivity index (χ3v) is 5.39. The maximum absolute atomic E-state index is 11.6. The zero-order chi connectivity index (χ0) is 13.4. The smallest absolute Gasteiger partial charge is 0.265 e. The Kier molecular flexibility index (Phi) is 3.45. The Bertz CT molecular complexity index is 659. The fourth-order valence-corrected chi connectivity index (χ4v) is 3.99. The molecule has 0 radical (unpaired) electrons. The number of hydrogen-bond donors (Lipinski definition) is 0. The molecular formula is C13H12BrN3OS. The van der Waals surface area contributed by atoms with E-state index in [4.69, 9.17) is 0 Å². The summed E-state index contributed by atoms with van der Waals surface area (Å²) in [7, 11) is 0. The fourth-order valence-electron chi connectivity index (χ4n) is 2.14. The third kappa shape index (κ3) is 2.34. The van der Waals surface area contributed by atoms with Crippen LogP contribution in [0.15, 0.2) is 40.3 Å². The van der Waals surface area contributed by atoms with Crippen LogP contribution in [0.3, 0.4) is 0 Å². The third-order valence-electron chi connectivity index (χ3n) is 3.08. The number of aromatic nitrogens is 3. The quantitative estimate of drug-likeness (QED) is 0.750. The number of hydrogen-bond acceptors (Lipinski definition) is 4. The van der Waals surface area contributed by atoms with Gasteiger partial charge >= 0.3 is 0 Å². The van der Waals surface area contributed by atoms with Gasteiger partial charge in [0, 0.05) is 5.75 Å². The number of nitrogens with zero attached hydrogens (tertiary/aromatic N) is 3. The van der Waals surface area contributed by atoms with Gasteiger partial charge in [-0.1, -0.05) is 58.0 Å². The zero-order valence-corrected chi connectivity index (χ0v) is 12.7. The molecule has 1 aliphatic heterocycles. The average molecular weight is 338 g/mol. The van der Waals surface area contributed by atoms with E-state index in [1.165, 1.54) is 5.56 Å². The zero-order valence-electron chi connectivity index (χ0n) is 10.3. The lowest BCUT2D eigenvalue weighted by atomic mass is 10.0. The predicted octanol–water partition coefficient (Wildman–Crippen LogP) is 2.41. The van der Waals surface area contributed by atoms with Crippen LogP contribution < -0.4 is 5.56 Å². The Morgan fingerprint density at radius 3 is 2.84 bits per heavy atom. The molecule has 0 N–H and O–H groups in total. The molecule has 0 fully saturated rings. The second-order valence-electron chi connectivity index (χ2n) is 4.41. The summed E-state index contributed by atoms with van der Waals surface area (Å²) in [5, 5.41) is 5.11. The van der Waals surface area contributed by atoms with E-state index in [9.17, 15) is 4.79 Å². The van der Waals surface area contributed by atoms with Crippen molar-refractivity contribution >= 4 is 27.7 Å². The molecule has 2 atom stereocenters. The summed E-state index contributed by atoms with van der Waals surface area (Å²) >= 11 is 5.28. The summed E-state index contributed by atoms with van der Waals surface area (Å²) in [6, 6.07) is 10.2. The summed E-state index contributed by atoms with van der Waals surface area (Å²) in [5.41, 5.74) is 1.37. The van der Waals surface area contributed by atoms with Crippen molar-refractivity contribution in [2.24, 2.45) is 0 Å². The van der Waals surface area contributed by atoms with Crippen molar-refractivity contribution in [3.8, 4) is 0 Å². The summed E-state index contributed by atoms with van der Waals surface area (Å²) < 4.78 is 1.86. The number of thioether (sulfide) groups is 1. The van der Waals surface area contributed by atoms with Crippen LogP contribution in [0, 0.1) is 6.92 Å². The molecule has 1 aromatic carbocycles. The Morgan fingerprint density at radius 2 is 2.11 bits per heavy atom. The Labute approximate surface area is 123 Å². The molecule has 0 aliphatic carbocycles. The van der Waals surface area contributed by atoms with E-state index in [-0.39, 0.29) is 16.4 Å². The van der Waals surface area contributed by atoms with E-state index >= 15 is 0 Å². The highest BCUT2D eigenvalue weighted by molar-refractivity contribution is 9.09. The number of rotatable bonds is 1. The number of alkyl halides is 1. The minimum atomic E-state index is -0.237. The molecule has 0 unspecified atom stereocenters. The second kappa shape index (κ2) is 5.09. The van der Waals surface area contributed by atoms with Gasteiger partial charge in [-0.3, -0.25) is 4.79 Å². The highest BCUT2D eigenvalue weighted by atomic mass is 79.9. The van der Waals surface area contributed by atoms with Gasteiger partial charge in [0.05, 0.1) is 10.9 Å². The summed E-state index contributed by atoms with van der Waals surface area (Å²) in [5.74, 6) is 0.872. The molecule has 3 rings (SSSR count). The highest BCUT2D eigenvalue weighted by Crippen LogP contribution is 2.36. The van der Waals surface area contributed by atoms with E-state index in [1.807, 2.05) is 22.9 Å². The van der Waals surface area contributed by atoms with Crippen LogP contribution in [0.5, 0.6) is 0 Å². The lowest BCUT2D eigenvalue weighted by molar-refractivity contribution is 0.434. The minimum Gasteiger partial charge on any atom is -0.265 e. The first kappa shape index (κ1) is 12.9. The van der Waals surface area contributed by atoms with Gasteiger partial charge in [-0.25, -0.2) is 4.68 Å². The summed E-state index contributed by atoms with van der Waals surface area (Å²) in [6.07, 6.45) is 0. The monoisotopic (exact) mass is 337 g/mol. The lowest BCUT2D eigenvalue weighted by Gasteiger charge is -2.30. The van der Waals surface area contributed by atoms with Crippen molar-refractivity contribution in [3.05, 3.63) is 51.9 Å². The maximum Gasteiger partial charge on any atom is 0.295 e. The molecule has 0 saturated carbocycles. The van der Waals surface area contributed by atoms with Crippen LogP contribution in [-0.4, -0.2) is 25.3 Å².